The van der Waals surface area contributed by atoms with Gasteiger partial charge in [0.2, 0.25) is 0 Å². The van der Waals surface area contributed by atoms with E-state index in [-0.39, 0.29) is 11.3 Å². The third-order valence-corrected chi connectivity index (χ3v) is 5.14. The predicted molar refractivity (Wildman–Crippen MR) is 107 cm³/mol. The maximum atomic E-state index is 11.9. The number of aliphatic hydroxyl groups is 1. The summed E-state index contributed by atoms with van der Waals surface area (Å²) in [6.07, 6.45) is 4.79. The zero-order valence-electron chi connectivity index (χ0n) is 17.0. The zero-order chi connectivity index (χ0) is 19.0. The predicted octanol–water partition coefficient (Wildman–Crippen LogP) is 4.12. The van der Waals surface area contributed by atoms with Crippen LogP contribution in [0.15, 0.2) is 24.3 Å². The van der Waals surface area contributed by atoms with Gasteiger partial charge in [-0.25, -0.2) is 0 Å². The molecule has 4 heteroatoms. The standard InChI is InChI=1S/C22H37NO3/c1-21(2,3)17-26-20-12-6-5-11-19(20)22(24,13-7-8-15-25-4)18-10-9-14-23-16-18/h5-6,11-12,18,23-24H,7-10,13-17H2,1-4H3/t18-,22+/m1/s1. The third kappa shape index (κ3) is 5.97. The molecule has 0 aliphatic carbocycles. The van der Waals surface area contributed by atoms with Crippen molar-refractivity contribution in [2.75, 3.05) is 33.4 Å². The molecule has 0 spiro atoms. The Hall–Kier alpha value is -1.10. The summed E-state index contributed by atoms with van der Waals surface area (Å²) in [5.74, 6) is 1.03. The first-order valence-corrected chi connectivity index (χ1v) is 10.0. The Balaban J connectivity index is 2.25. The summed E-state index contributed by atoms with van der Waals surface area (Å²) in [6, 6.07) is 8.04. The summed E-state index contributed by atoms with van der Waals surface area (Å²) < 4.78 is 11.3. The highest BCUT2D eigenvalue weighted by molar-refractivity contribution is 5.39. The van der Waals surface area contributed by atoms with Gasteiger partial charge >= 0.3 is 0 Å². The van der Waals surface area contributed by atoms with E-state index in [1.165, 1.54) is 0 Å². The molecule has 2 atom stereocenters. The number of piperidine rings is 1. The second-order valence-corrected chi connectivity index (χ2v) is 8.76. The minimum atomic E-state index is -0.865. The lowest BCUT2D eigenvalue weighted by Crippen LogP contribution is -2.44. The molecule has 2 rings (SSSR count). The zero-order valence-corrected chi connectivity index (χ0v) is 17.0. The lowest BCUT2D eigenvalue weighted by atomic mass is 9.74. The molecule has 1 aliphatic rings. The first kappa shape index (κ1) is 21.2. The molecule has 2 N–H and O–H groups in total. The molecular formula is C22H37NO3. The number of benzene rings is 1. The lowest BCUT2D eigenvalue weighted by Gasteiger charge is -2.40. The Morgan fingerprint density at radius 2 is 1.96 bits per heavy atom. The molecule has 1 aromatic rings. The molecule has 0 bridgehead atoms. The Morgan fingerprint density at radius 1 is 1.19 bits per heavy atom. The minimum Gasteiger partial charge on any atom is -0.493 e. The normalized spacial score (nSPS) is 20.6. The van der Waals surface area contributed by atoms with Gasteiger partial charge in [0.15, 0.2) is 0 Å². The van der Waals surface area contributed by atoms with Crippen LogP contribution in [0, 0.1) is 11.3 Å². The third-order valence-electron chi connectivity index (χ3n) is 5.14. The molecule has 26 heavy (non-hydrogen) atoms. The molecule has 1 heterocycles. The first-order chi connectivity index (χ1) is 12.4. The van der Waals surface area contributed by atoms with Crippen molar-refractivity contribution in [2.45, 2.75) is 58.5 Å². The van der Waals surface area contributed by atoms with E-state index >= 15 is 0 Å². The van der Waals surface area contributed by atoms with Gasteiger partial charge in [-0.15, -0.1) is 0 Å². The molecule has 4 nitrogen and oxygen atoms in total. The topological polar surface area (TPSA) is 50.7 Å². The second-order valence-electron chi connectivity index (χ2n) is 8.76. The van der Waals surface area contributed by atoms with E-state index in [0.717, 1.165) is 63.1 Å². The number of hydrogen-bond acceptors (Lipinski definition) is 4. The largest absolute Gasteiger partial charge is 0.493 e. The van der Waals surface area contributed by atoms with Crippen molar-refractivity contribution in [1.82, 2.24) is 5.32 Å². The van der Waals surface area contributed by atoms with E-state index < -0.39 is 5.60 Å². The Bertz CT molecular complexity index is 534. The number of para-hydroxylation sites is 1. The maximum absolute atomic E-state index is 11.9. The molecule has 0 aromatic heterocycles. The van der Waals surface area contributed by atoms with Crippen molar-refractivity contribution < 1.29 is 14.6 Å². The van der Waals surface area contributed by atoms with Gasteiger partial charge in [0.05, 0.1) is 12.2 Å². The molecule has 1 saturated heterocycles. The molecule has 1 aromatic carbocycles. The van der Waals surface area contributed by atoms with Crippen LogP contribution in [0.5, 0.6) is 5.75 Å². The van der Waals surface area contributed by atoms with Gasteiger partial charge in [-0.3, -0.25) is 0 Å². The lowest BCUT2D eigenvalue weighted by molar-refractivity contribution is -0.0456. The quantitative estimate of drug-likeness (QED) is 0.648. The van der Waals surface area contributed by atoms with Crippen LogP contribution in [-0.2, 0) is 10.3 Å². The number of methoxy groups -OCH3 is 1. The molecule has 0 radical (unpaired) electrons. The second kappa shape index (κ2) is 9.72. The van der Waals surface area contributed by atoms with Crippen LogP contribution in [0.4, 0.5) is 0 Å². The van der Waals surface area contributed by atoms with E-state index in [1.54, 1.807) is 7.11 Å². The van der Waals surface area contributed by atoms with Gasteiger partial charge in [0.1, 0.15) is 5.75 Å². The van der Waals surface area contributed by atoms with Crippen LogP contribution in [0.2, 0.25) is 0 Å². The number of ether oxygens (including phenoxy) is 2. The highest BCUT2D eigenvalue weighted by atomic mass is 16.5. The average molecular weight is 364 g/mol. The molecule has 1 fully saturated rings. The number of hydrogen-bond donors (Lipinski definition) is 2. The van der Waals surface area contributed by atoms with E-state index in [4.69, 9.17) is 9.47 Å². The first-order valence-electron chi connectivity index (χ1n) is 10.0. The van der Waals surface area contributed by atoms with Gasteiger partial charge in [-0.05, 0) is 50.1 Å². The van der Waals surface area contributed by atoms with Crippen LogP contribution in [-0.4, -0.2) is 38.5 Å². The van der Waals surface area contributed by atoms with Crippen molar-refractivity contribution in [3.8, 4) is 5.75 Å². The van der Waals surface area contributed by atoms with Gasteiger partial charge in [0, 0.05) is 31.7 Å². The number of rotatable bonds is 9. The van der Waals surface area contributed by atoms with Crippen molar-refractivity contribution >= 4 is 0 Å². The Labute approximate surface area is 159 Å². The van der Waals surface area contributed by atoms with Gasteiger partial charge < -0.3 is 19.9 Å². The fourth-order valence-electron chi connectivity index (χ4n) is 3.70. The van der Waals surface area contributed by atoms with Crippen molar-refractivity contribution in [3.05, 3.63) is 29.8 Å². The fraction of sp³-hybridized carbons (Fsp3) is 0.727. The summed E-state index contributed by atoms with van der Waals surface area (Å²) in [7, 11) is 1.73. The summed E-state index contributed by atoms with van der Waals surface area (Å²) in [5.41, 5.74) is 0.154. The monoisotopic (exact) mass is 363 g/mol. The smallest absolute Gasteiger partial charge is 0.125 e. The minimum absolute atomic E-state index is 0.0795. The molecule has 0 unspecified atom stereocenters. The number of unbranched alkanes of at least 4 members (excludes halogenated alkanes) is 1. The van der Waals surface area contributed by atoms with Gasteiger partial charge in [-0.1, -0.05) is 39.0 Å². The van der Waals surface area contributed by atoms with E-state index in [2.05, 4.69) is 26.1 Å². The molecule has 0 saturated carbocycles. The average Bonchev–Trinajstić information content (AvgIpc) is 2.64. The Kier molecular flexibility index (Phi) is 7.93. The van der Waals surface area contributed by atoms with Crippen LogP contribution < -0.4 is 10.1 Å². The Morgan fingerprint density at radius 3 is 2.62 bits per heavy atom. The highest BCUT2D eigenvalue weighted by Crippen LogP contribution is 2.42. The van der Waals surface area contributed by atoms with Crippen LogP contribution in [0.1, 0.15) is 58.4 Å². The summed E-state index contributed by atoms with van der Waals surface area (Å²) >= 11 is 0. The highest BCUT2D eigenvalue weighted by Gasteiger charge is 2.40. The number of nitrogens with one attached hydrogen (secondary N) is 1. The summed E-state index contributed by atoms with van der Waals surface area (Å²) in [6.45, 7) is 9.76. The molecule has 148 valence electrons. The maximum Gasteiger partial charge on any atom is 0.125 e. The van der Waals surface area contributed by atoms with Crippen LogP contribution in [0.3, 0.4) is 0 Å². The molecule has 0 amide bonds. The van der Waals surface area contributed by atoms with Crippen LogP contribution >= 0.6 is 0 Å². The summed E-state index contributed by atoms with van der Waals surface area (Å²) in [5, 5.41) is 15.3. The van der Waals surface area contributed by atoms with Crippen molar-refractivity contribution in [2.24, 2.45) is 11.3 Å². The fourth-order valence-corrected chi connectivity index (χ4v) is 3.70. The van der Waals surface area contributed by atoms with E-state index in [0.29, 0.717) is 6.61 Å². The van der Waals surface area contributed by atoms with Crippen molar-refractivity contribution in [3.63, 3.8) is 0 Å². The van der Waals surface area contributed by atoms with E-state index in [9.17, 15) is 5.11 Å². The van der Waals surface area contributed by atoms with Gasteiger partial charge in [0.25, 0.3) is 0 Å². The van der Waals surface area contributed by atoms with Crippen LogP contribution in [0.25, 0.3) is 0 Å². The van der Waals surface area contributed by atoms with Gasteiger partial charge in [-0.2, -0.15) is 0 Å². The van der Waals surface area contributed by atoms with E-state index in [1.807, 2.05) is 24.3 Å². The SMILES string of the molecule is COCCCC[C@@](O)(c1ccccc1OCC(C)(C)C)[C@@H]1CCCNC1. The van der Waals surface area contributed by atoms with Crippen molar-refractivity contribution in [1.29, 1.82) is 0 Å². The molecule has 1 aliphatic heterocycles. The molecular weight excluding hydrogens is 326 g/mol. The summed E-state index contributed by atoms with van der Waals surface area (Å²) in [4.78, 5) is 0.